The minimum Gasteiger partial charge on any atom is -0.387 e. The molecule has 0 spiro atoms. The molecule has 13 heavy (non-hydrogen) atoms. The zero-order valence-electron chi connectivity index (χ0n) is 8.34. The van der Waals surface area contributed by atoms with Gasteiger partial charge in [0.1, 0.15) is 6.10 Å². The molecule has 1 unspecified atom stereocenters. The van der Waals surface area contributed by atoms with Crippen LogP contribution in [0.15, 0.2) is 0 Å². The minimum atomic E-state index is -3.25. The Bertz CT molecular complexity index is 157. The van der Waals surface area contributed by atoms with E-state index >= 15 is 0 Å². The molecule has 0 saturated heterocycles. The quantitative estimate of drug-likeness (QED) is 0.757. The largest absolute Gasteiger partial charge is 0.387 e. The van der Waals surface area contributed by atoms with Crippen LogP contribution in [0.1, 0.15) is 27.7 Å². The van der Waals surface area contributed by atoms with Crippen molar-refractivity contribution in [1.82, 2.24) is 0 Å². The van der Waals surface area contributed by atoms with Crippen LogP contribution in [0, 0.1) is 5.92 Å². The highest BCUT2D eigenvalue weighted by Gasteiger charge is 2.50. The van der Waals surface area contributed by atoms with Crippen LogP contribution in [0.5, 0.6) is 0 Å². The molecule has 0 aliphatic heterocycles. The van der Waals surface area contributed by atoms with E-state index in [-0.39, 0.29) is 12.4 Å². The van der Waals surface area contributed by atoms with E-state index in [9.17, 15) is 8.78 Å². The van der Waals surface area contributed by atoms with Gasteiger partial charge in [-0.1, -0.05) is 13.8 Å². The van der Waals surface area contributed by atoms with Gasteiger partial charge in [0.05, 0.1) is 5.54 Å². The molecule has 5 heteroatoms. The highest BCUT2D eigenvalue weighted by atomic mass is 35.5. The summed E-state index contributed by atoms with van der Waals surface area (Å²) < 4.78 is 26.4. The Morgan fingerprint density at radius 1 is 1.23 bits per heavy atom. The fourth-order valence-corrected chi connectivity index (χ4v) is 0.800. The summed E-state index contributed by atoms with van der Waals surface area (Å²) >= 11 is 0. The molecule has 2 nitrogen and oxygen atoms in total. The van der Waals surface area contributed by atoms with Gasteiger partial charge in [0.25, 0.3) is 5.92 Å². The van der Waals surface area contributed by atoms with E-state index in [2.05, 4.69) is 0 Å². The van der Waals surface area contributed by atoms with Gasteiger partial charge in [0.2, 0.25) is 0 Å². The molecule has 0 aliphatic carbocycles. The zero-order chi connectivity index (χ0) is 10.2. The van der Waals surface area contributed by atoms with Crippen LogP contribution in [0.3, 0.4) is 0 Å². The average Bonchev–Trinajstić information content (AvgIpc) is 1.83. The number of aliphatic hydroxyl groups excluding tert-OH is 1. The number of hydrogen-bond acceptors (Lipinski definition) is 2. The van der Waals surface area contributed by atoms with Gasteiger partial charge < -0.3 is 10.8 Å². The van der Waals surface area contributed by atoms with Gasteiger partial charge in [-0.15, -0.1) is 12.4 Å². The molecular weight excluding hydrogens is 200 g/mol. The third-order valence-electron chi connectivity index (χ3n) is 1.86. The van der Waals surface area contributed by atoms with Gasteiger partial charge in [0, 0.05) is 0 Å². The summed E-state index contributed by atoms with van der Waals surface area (Å²) in [5.74, 6) is -3.75. The summed E-state index contributed by atoms with van der Waals surface area (Å²) in [7, 11) is 0. The van der Waals surface area contributed by atoms with Gasteiger partial charge in [-0.05, 0) is 19.8 Å². The van der Waals surface area contributed by atoms with Crippen molar-refractivity contribution in [2.75, 3.05) is 0 Å². The van der Waals surface area contributed by atoms with E-state index in [1.165, 1.54) is 27.7 Å². The maximum absolute atomic E-state index is 13.2. The second kappa shape index (κ2) is 4.53. The molecule has 3 N–H and O–H groups in total. The second-order valence-corrected chi connectivity index (χ2v) is 4.03. The smallest absolute Gasteiger partial charge is 0.290 e. The molecule has 0 aromatic carbocycles. The van der Waals surface area contributed by atoms with Crippen molar-refractivity contribution in [2.45, 2.75) is 45.3 Å². The van der Waals surface area contributed by atoms with Crippen molar-refractivity contribution in [1.29, 1.82) is 0 Å². The lowest BCUT2D eigenvalue weighted by Gasteiger charge is -2.35. The molecule has 0 aromatic heterocycles. The number of rotatable bonds is 3. The minimum absolute atomic E-state index is 0. The molecule has 0 saturated carbocycles. The molecule has 0 bridgehead atoms. The molecule has 0 radical (unpaired) electrons. The molecule has 0 fully saturated rings. The summed E-state index contributed by atoms with van der Waals surface area (Å²) in [5.41, 5.74) is 3.56. The molecule has 82 valence electrons. The van der Waals surface area contributed by atoms with Crippen molar-refractivity contribution in [3.05, 3.63) is 0 Å². The lowest BCUT2D eigenvalue weighted by molar-refractivity contribution is -0.163. The zero-order valence-corrected chi connectivity index (χ0v) is 9.16. The second-order valence-electron chi connectivity index (χ2n) is 4.03. The van der Waals surface area contributed by atoms with Crippen LogP contribution >= 0.6 is 12.4 Å². The SMILES string of the molecule is CC(C)C(O)C(F)(F)C(C)(C)N.Cl. The predicted octanol–water partition coefficient (Wildman–Crippen LogP) is 1.80. The molecule has 1 atom stereocenters. The number of alkyl halides is 2. The lowest BCUT2D eigenvalue weighted by Crippen LogP contribution is -2.58. The number of halogens is 3. The predicted molar refractivity (Wildman–Crippen MR) is 51.3 cm³/mol. The Morgan fingerprint density at radius 3 is 1.62 bits per heavy atom. The standard InChI is InChI=1S/C8H17F2NO.ClH/c1-5(2)6(12)8(9,10)7(3,4)11;/h5-6,12H,11H2,1-4H3;1H. The van der Waals surface area contributed by atoms with Crippen LogP contribution in [0.25, 0.3) is 0 Å². The van der Waals surface area contributed by atoms with Crippen LogP contribution in [-0.2, 0) is 0 Å². The monoisotopic (exact) mass is 217 g/mol. The van der Waals surface area contributed by atoms with Crippen LogP contribution < -0.4 is 5.73 Å². The average molecular weight is 218 g/mol. The summed E-state index contributed by atoms with van der Waals surface area (Å²) in [6, 6.07) is 0. The van der Waals surface area contributed by atoms with E-state index in [4.69, 9.17) is 10.8 Å². The van der Waals surface area contributed by atoms with E-state index in [0.29, 0.717) is 0 Å². The normalized spacial score (nSPS) is 15.5. The van der Waals surface area contributed by atoms with Gasteiger partial charge in [-0.3, -0.25) is 0 Å². The van der Waals surface area contributed by atoms with Gasteiger partial charge in [0.15, 0.2) is 0 Å². The summed E-state index contributed by atoms with van der Waals surface area (Å²) in [4.78, 5) is 0. The third-order valence-corrected chi connectivity index (χ3v) is 1.86. The fraction of sp³-hybridized carbons (Fsp3) is 1.00. The number of aliphatic hydroxyl groups is 1. The van der Waals surface area contributed by atoms with Crippen molar-refractivity contribution in [2.24, 2.45) is 11.7 Å². The van der Waals surface area contributed by atoms with Crippen LogP contribution in [-0.4, -0.2) is 22.7 Å². The van der Waals surface area contributed by atoms with Crippen LogP contribution in [0.4, 0.5) is 8.78 Å². The number of hydrogen-bond donors (Lipinski definition) is 2. The summed E-state index contributed by atoms with van der Waals surface area (Å²) in [6.07, 6.45) is -1.68. The van der Waals surface area contributed by atoms with Crippen molar-refractivity contribution in [3.63, 3.8) is 0 Å². The first-order chi connectivity index (χ1) is 5.10. The molecular formula is C8H18ClF2NO. The maximum atomic E-state index is 13.2. The van der Waals surface area contributed by atoms with Crippen molar-refractivity contribution in [3.8, 4) is 0 Å². The first kappa shape index (κ1) is 15.5. The van der Waals surface area contributed by atoms with Crippen molar-refractivity contribution >= 4 is 12.4 Å². The van der Waals surface area contributed by atoms with Gasteiger partial charge in [-0.25, -0.2) is 8.78 Å². The fourth-order valence-electron chi connectivity index (χ4n) is 0.800. The summed E-state index contributed by atoms with van der Waals surface area (Å²) in [5, 5.41) is 9.16. The van der Waals surface area contributed by atoms with Gasteiger partial charge >= 0.3 is 0 Å². The lowest BCUT2D eigenvalue weighted by atomic mass is 9.87. The highest BCUT2D eigenvalue weighted by molar-refractivity contribution is 5.85. The van der Waals surface area contributed by atoms with Crippen molar-refractivity contribution < 1.29 is 13.9 Å². The molecule has 0 aliphatic rings. The first-order valence-corrected chi connectivity index (χ1v) is 3.95. The first-order valence-electron chi connectivity index (χ1n) is 3.95. The van der Waals surface area contributed by atoms with E-state index in [1.807, 2.05) is 0 Å². The Kier molecular flexibility index (Phi) is 5.41. The summed E-state index contributed by atoms with van der Waals surface area (Å²) in [6.45, 7) is 5.48. The van der Waals surface area contributed by atoms with E-state index in [1.54, 1.807) is 0 Å². The Morgan fingerprint density at radius 2 is 1.54 bits per heavy atom. The molecule has 0 rings (SSSR count). The van der Waals surface area contributed by atoms with E-state index in [0.717, 1.165) is 0 Å². The molecule has 0 heterocycles. The van der Waals surface area contributed by atoms with Gasteiger partial charge in [-0.2, -0.15) is 0 Å². The third kappa shape index (κ3) is 3.37. The van der Waals surface area contributed by atoms with Crippen LogP contribution in [0.2, 0.25) is 0 Å². The highest BCUT2D eigenvalue weighted by Crippen LogP contribution is 2.32. The Balaban J connectivity index is 0. The Hall–Kier alpha value is 0.0700. The maximum Gasteiger partial charge on any atom is 0.290 e. The van der Waals surface area contributed by atoms with E-state index < -0.39 is 23.5 Å². The molecule has 0 amide bonds. The Labute approximate surface area is 83.9 Å². The topological polar surface area (TPSA) is 46.2 Å². The number of nitrogens with two attached hydrogens (primary N) is 1. The molecule has 0 aromatic rings.